The number of carbonyl (C=O) groups is 1. The molecule has 0 aromatic carbocycles. The van der Waals surface area contributed by atoms with Crippen molar-refractivity contribution in [2.24, 2.45) is 0 Å². The summed E-state index contributed by atoms with van der Waals surface area (Å²) in [5.41, 5.74) is 1.06. The minimum atomic E-state index is -0.916. The molecule has 1 fully saturated rings. The maximum Gasteiger partial charge on any atom is 0.309 e. The third kappa shape index (κ3) is 3.24. The first-order chi connectivity index (χ1) is 8.15. The lowest BCUT2D eigenvalue weighted by molar-refractivity contribution is -0.136. The number of hydrogen-bond acceptors (Lipinski definition) is 6. The van der Waals surface area contributed by atoms with Crippen LogP contribution in [0.2, 0.25) is 0 Å². The van der Waals surface area contributed by atoms with E-state index in [-0.39, 0.29) is 6.42 Å². The standard InChI is InChI=1S/C10H16N4O3/c1-13-2-4-14(5-3-13)7-9-8(6-10(15)16)11-17-12-9/h2-7H2,1H3,(H,15,16). The molecule has 1 aromatic rings. The second-order valence-corrected chi connectivity index (χ2v) is 4.31. The van der Waals surface area contributed by atoms with Gasteiger partial charge in [0.1, 0.15) is 11.4 Å². The van der Waals surface area contributed by atoms with Crippen LogP contribution in [0.15, 0.2) is 4.63 Å². The quantitative estimate of drug-likeness (QED) is 0.755. The van der Waals surface area contributed by atoms with Gasteiger partial charge < -0.3 is 10.0 Å². The van der Waals surface area contributed by atoms with E-state index in [2.05, 4.69) is 31.8 Å². The van der Waals surface area contributed by atoms with Gasteiger partial charge in [-0.05, 0) is 7.05 Å². The Bertz CT molecular complexity index is 385. The van der Waals surface area contributed by atoms with Gasteiger partial charge in [-0.3, -0.25) is 9.69 Å². The van der Waals surface area contributed by atoms with Crippen LogP contribution in [0.4, 0.5) is 0 Å². The van der Waals surface area contributed by atoms with Crippen molar-refractivity contribution in [2.75, 3.05) is 33.2 Å². The summed E-state index contributed by atoms with van der Waals surface area (Å²) < 4.78 is 4.61. The molecule has 1 aliphatic heterocycles. The third-order valence-electron chi connectivity index (χ3n) is 2.92. The van der Waals surface area contributed by atoms with Crippen LogP contribution in [-0.4, -0.2) is 64.4 Å². The Morgan fingerprint density at radius 3 is 2.59 bits per heavy atom. The summed E-state index contributed by atoms with van der Waals surface area (Å²) in [5.74, 6) is -0.916. The van der Waals surface area contributed by atoms with E-state index in [1.165, 1.54) is 0 Å². The molecule has 0 radical (unpaired) electrons. The Hall–Kier alpha value is -1.47. The van der Waals surface area contributed by atoms with Crippen LogP contribution >= 0.6 is 0 Å². The fraction of sp³-hybridized carbons (Fsp3) is 0.700. The van der Waals surface area contributed by atoms with Crippen LogP contribution in [0.1, 0.15) is 11.4 Å². The van der Waals surface area contributed by atoms with Crippen LogP contribution in [-0.2, 0) is 17.8 Å². The predicted molar refractivity (Wildman–Crippen MR) is 58.4 cm³/mol. The van der Waals surface area contributed by atoms with E-state index in [0.717, 1.165) is 26.2 Å². The number of carboxylic acid groups (broad SMARTS) is 1. The minimum Gasteiger partial charge on any atom is -0.481 e. The Balaban J connectivity index is 1.94. The number of carboxylic acids is 1. The number of rotatable bonds is 4. The first-order valence-electron chi connectivity index (χ1n) is 5.58. The zero-order chi connectivity index (χ0) is 12.3. The van der Waals surface area contributed by atoms with E-state index in [4.69, 9.17) is 5.11 Å². The Morgan fingerprint density at radius 2 is 1.94 bits per heavy atom. The van der Waals surface area contributed by atoms with E-state index >= 15 is 0 Å². The zero-order valence-corrected chi connectivity index (χ0v) is 9.80. The molecule has 1 aromatic heterocycles. The van der Waals surface area contributed by atoms with Gasteiger partial charge in [0.2, 0.25) is 0 Å². The predicted octanol–water partition coefficient (Wildman–Crippen LogP) is -0.556. The molecule has 2 rings (SSSR count). The van der Waals surface area contributed by atoms with Crippen molar-refractivity contribution in [2.45, 2.75) is 13.0 Å². The Kier molecular flexibility index (Phi) is 3.70. The van der Waals surface area contributed by atoms with Crippen molar-refractivity contribution < 1.29 is 14.5 Å². The van der Waals surface area contributed by atoms with Gasteiger partial charge in [-0.25, -0.2) is 4.63 Å². The first-order valence-corrected chi connectivity index (χ1v) is 5.58. The third-order valence-corrected chi connectivity index (χ3v) is 2.92. The van der Waals surface area contributed by atoms with Gasteiger partial charge in [-0.2, -0.15) is 0 Å². The molecule has 94 valence electrons. The van der Waals surface area contributed by atoms with E-state index in [1.54, 1.807) is 0 Å². The molecule has 1 aliphatic rings. The van der Waals surface area contributed by atoms with Gasteiger partial charge >= 0.3 is 5.97 Å². The summed E-state index contributed by atoms with van der Waals surface area (Å²) >= 11 is 0. The van der Waals surface area contributed by atoms with Gasteiger partial charge in [0.05, 0.1) is 6.42 Å². The van der Waals surface area contributed by atoms with Crippen molar-refractivity contribution in [1.29, 1.82) is 0 Å². The van der Waals surface area contributed by atoms with E-state index in [9.17, 15) is 4.79 Å². The second kappa shape index (κ2) is 5.24. The summed E-state index contributed by atoms with van der Waals surface area (Å²) in [5, 5.41) is 16.1. The highest BCUT2D eigenvalue weighted by Gasteiger charge is 2.19. The average molecular weight is 240 g/mol. The minimum absolute atomic E-state index is 0.132. The molecular weight excluding hydrogens is 224 g/mol. The summed E-state index contributed by atoms with van der Waals surface area (Å²) in [6, 6.07) is 0. The maximum absolute atomic E-state index is 10.6. The van der Waals surface area contributed by atoms with E-state index < -0.39 is 5.97 Å². The lowest BCUT2D eigenvalue weighted by Gasteiger charge is -2.31. The normalized spacial score (nSPS) is 18.4. The van der Waals surface area contributed by atoms with Crippen molar-refractivity contribution in [1.82, 2.24) is 20.1 Å². The summed E-state index contributed by atoms with van der Waals surface area (Å²) in [6.45, 7) is 4.55. The Morgan fingerprint density at radius 1 is 1.29 bits per heavy atom. The Labute approximate surface area is 99.0 Å². The van der Waals surface area contributed by atoms with Crippen LogP contribution in [0.3, 0.4) is 0 Å². The van der Waals surface area contributed by atoms with Crippen molar-refractivity contribution in [3.8, 4) is 0 Å². The highest BCUT2D eigenvalue weighted by molar-refractivity contribution is 5.69. The van der Waals surface area contributed by atoms with E-state index in [1.807, 2.05) is 0 Å². The topological polar surface area (TPSA) is 82.7 Å². The molecule has 0 atom stereocenters. The molecule has 0 amide bonds. The maximum atomic E-state index is 10.6. The monoisotopic (exact) mass is 240 g/mol. The SMILES string of the molecule is CN1CCN(Cc2nonc2CC(=O)O)CC1. The molecule has 0 unspecified atom stereocenters. The van der Waals surface area contributed by atoms with Crippen LogP contribution < -0.4 is 0 Å². The number of piperazine rings is 1. The molecule has 1 N–H and O–H groups in total. The van der Waals surface area contributed by atoms with Gasteiger partial charge in [0.15, 0.2) is 0 Å². The summed E-state index contributed by atoms with van der Waals surface area (Å²) in [6.07, 6.45) is -0.132. The summed E-state index contributed by atoms with van der Waals surface area (Å²) in [4.78, 5) is 15.1. The number of nitrogens with zero attached hydrogens (tertiary/aromatic N) is 4. The smallest absolute Gasteiger partial charge is 0.309 e. The van der Waals surface area contributed by atoms with Gasteiger partial charge in [0.25, 0.3) is 0 Å². The summed E-state index contributed by atoms with van der Waals surface area (Å²) in [7, 11) is 2.09. The number of likely N-dealkylation sites (N-methyl/N-ethyl adjacent to an activating group) is 1. The fourth-order valence-corrected chi connectivity index (χ4v) is 1.84. The molecular formula is C10H16N4O3. The zero-order valence-electron chi connectivity index (χ0n) is 9.80. The average Bonchev–Trinajstić information content (AvgIpc) is 2.68. The molecule has 7 heteroatoms. The fourth-order valence-electron chi connectivity index (χ4n) is 1.84. The number of aliphatic carboxylic acids is 1. The second-order valence-electron chi connectivity index (χ2n) is 4.31. The van der Waals surface area contributed by atoms with Gasteiger partial charge in [0, 0.05) is 32.7 Å². The van der Waals surface area contributed by atoms with Crippen LogP contribution in [0.5, 0.6) is 0 Å². The molecule has 7 nitrogen and oxygen atoms in total. The lowest BCUT2D eigenvalue weighted by Crippen LogP contribution is -2.44. The van der Waals surface area contributed by atoms with Gasteiger partial charge in [-0.15, -0.1) is 0 Å². The molecule has 0 aliphatic carbocycles. The van der Waals surface area contributed by atoms with Crippen LogP contribution in [0, 0.1) is 0 Å². The first kappa shape index (κ1) is 12.0. The molecule has 17 heavy (non-hydrogen) atoms. The van der Waals surface area contributed by atoms with Crippen molar-refractivity contribution in [3.63, 3.8) is 0 Å². The van der Waals surface area contributed by atoms with E-state index in [0.29, 0.717) is 17.9 Å². The van der Waals surface area contributed by atoms with Crippen LogP contribution in [0.25, 0.3) is 0 Å². The molecule has 0 saturated carbocycles. The highest BCUT2D eigenvalue weighted by atomic mass is 16.6. The lowest BCUT2D eigenvalue weighted by atomic mass is 10.2. The van der Waals surface area contributed by atoms with Crippen molar-refractivity contribution >= 4 is 5.97 Å². The molecule has 0 bridgehead atoms. The van der Waals surface area contributed by atoms with Crippen molar-refractivity contribution in [3.05, 3.63) is 11.4 Å². The molecule has 1 saturated heterocycles. The molecule has 0 spiro atoms. The number of hydrogen-bond donors (Lipinski definition) is 1. The largest absolute Gasteiger partial charge is 0.481 e. The highest BCUT2D eigenvalue weighted by Crippen LogP contribution is 2.09. The molecule has 2 heterocycles. The van der Waals surface area contributed by atoms with Gasteiger partial charge in [-0.1, -0.05) is 10.3 Å². The number of aromatic nitrogens is 2.